The largest absolute Gasteiger partial charge is 0.225 e. The van der Waals surface area contributed by atoms with Crippen molar-refractivity contribution in [2.24, 2.45) is 5.92 Å². The van der Waals surface area contributed by atoms with Crippen molar-refractivity contribution in [3.8, 4) is 0 Å². The lowest BCUT2D eigenvalue weighted by atomic mass is 9.93. The van der Waals surface area contributed by atoms with Gasteiger partial charge in [0, 0.05) is 11.5 Å². The molecule has 23 heavy (non-hydrogen) atoms. The van der Waals surface area contributed by atoms with Crippen molar-refractivity contribution in [1.82, 2.24) is 0 Å². The van der Waals surface area contributed by atoms with E-state index in [1.165, 1.54) is 35.1 Å². The third-order valence-corrected chi connectivity index (χ3v) is 4.81. The van der Waals surface area contributed by atoms with Crippen LogP contribution in [0.25, 0.3) is 5.57 Å². The first-order valence-corrected chi connectivity index (χ1v) is 8.45. The van der Waals surface area contributed by atoms with Crippen LogP contribution in [0.1, 0.15) is 29.5 Å². The van der Waals surface area contributed by atoms with Gasteiger partial charge in [-0.25, -0.2) is 4.58 Å². The van der Waals surface area contributed by atoms with Gasteiger partial charge in [0.2, 0.25) is 0 Å². The number of rotatable bonds is 4. The fourth-order valence-electron chi connectivity index (χ4n) is 3.51. The molecule has 0 N–H and O–H groups in total. The van der Waals surface area contributed by atoms with Crippen LogP contribution in [0.4, 0.5) is 0 Å². The van der Waals surface area contributed by atoms with Crippen molar-refractivity contribution in [3.63, 3.8) is 0 Å². The van der Waals surface area contributed by atoms with E-state index in [0.29, 0.717) is 6.04 Å². The predicted molar refractivity (Wildman–Crippen MR) is 97.0 cm³/mol. The minimum absolute atomic E-state index is 0.468. The maximum absolute atomic E-state index is 3.95. The van der Waals surface area contributed by atoms with Gasteiger partial charge in [0.15, 0.2) is 18.8 Å². The van der Waals surface area contributed by atoms with Crippen molar-refractivity contribution in [1.29, 1.82) is 0 Å². The van der Waals surface area contributed by atoms with E-state index >= 15 is 0 Å². The third-order valence-electron chi connectivity index (χ3n) is 4.81. The fourth-order valence-corrected chi connectivity index (χ4v) is 3.51. The molecule has 1 fully saturated rings. The minimum Gasteiger partial charge on any atom is -0.225 e. The van der Waals surface area contributed by atoms with Crippen LogP contribution in [0.15, 0.2) is 73.3 Å². The molecule has 1 heterocycles. The first kappa shape index (κ1) is 14.2. The molecule has 1 nitrogen and oxygen atoms in total. The molecule has 1 atom stereocenters. The maximum Gasteiger partial charge on any atom is 0.175 e. The minimum atomic E-state index is 0.468. The molecule has 1 saturated carbocycles. The van der Waals surface area contributed by atoms with Gasteiger partial charge >= 0.3 is 0 Å². The van der Waals surface area contributed by atoms with Crippen molar-refractivity contribution in [2.45, 2.75) is 18.9 Å². The van der Waals surface area contributed by atoms with Crippen molar-refractivity contribution >= 4 is 11.8 Å². The van der Waals surface area contributed by atoms with E-state index in [4.69, 9.17) is 0 Å². The topological polar surface area (TPSA) is 3.01 Å². The highest BCUT2D eigenvalue weighted by molar-refractivity contribution is 5.92. The summed E-state index contributed by atoms with van der Waals surface area (Å²) in [6.07, 6.45) is 9.49. The zero-order chi connectivity index (χ0) is 15.6. The summed E-state index contributed by atoms with van der Waals surface area (Å²) in [7, 11) is 0. The van der Waals surface area contributed by atoms with Gasteiger partial charge in [-0.1, -0.05) is 55.1 Å². The summed E-state index contributed by atoms with van der Waals surface area (Å²) >= 11 is 0. The van der Waals surface area contributed by atoms with Crippen LogP contribution in [0.2, 0.25) is 0 Å². The predicted octanol–water partition coefficient (Wildman–Crippen LogP) is 4.53. The average molecular weight is 300 g/mol. The van der Waals surface area contributed by atoms with Crippen LogP contribution in [0.5, 0.6) is 0 Å². The standard InChI is InChI=1S/C22H22N/c1-2-14-23-16-19-10-6-7-11-20(19)21(15-22(23)18-12-13-18)17-8-4-3-5-9-17/h2-11,15-16,18,22H,1,12-14H2/q+1. The second-order valence-corrected chi connectivity index (χ2v) is 6.48. The van der Waals surface area contributed by atoms with Crippen molar-refractivity contribution < 1.29 is 4.58 Å². The molecule has 0 amide bonds. The second kappa shape index (κ2) is 6.00. The molecule has 1 heteroatoms. The summed E-state index contributed by atoms with van der Waals surface area (Å²) in [5.74, 6) is 0.777. The Morgan fingerprint density at radius 3 is 2.48 bits per heavy atom. The van der Waals surface area contributed by atoms with Gasteiger partial charge in [-0.15, -0.1) is 0 Å². The Hall–Kier alpha value is -2.41. The van der Waals surface area contributed by atoms with Gasteiger partial charge in [-0.3, -0.25) is 0 Å². The quantitative estimate of drug-likeness (QED) is 0.576. The molecule has 4 rings (SSSR count). The van der Waals surface area contributed by atoms with Crippen LogP contribution in [0.3, 0.4) is 0 Å². The normalized spacial score (nSPS) is 20.1. The summed E-state index contributed by atoms with van der Waals surface area (Å²) < 4.78 is 2.46. The number of hydrogen-bond donors (Lipinski definition) is 0. The average Bonchev–Trinajstić information content (AvgIpc) is 3.42. The number of nitrogens with zero attached hydrogens (tertiary/aromatic N) is 1. The molecule has 0 aromatic heterocycles. The highest BCUT2D eigenvalue weighted by Gasteiger charge is 2.38. The molecule has 0 saturated heterocycles. The molecule has 0 spiro atoms. The summed E-state index contributed by atoms with van der Waals surface area (Å²) in [5.41, 5.74) is 5.30. The van der Waals surface area contributed by atoms with E-state index in [2.05, 4.69) is 78.0 Å². The Morgan fingerprint density at radius 2 is 1.74 bits per heavy atom. The molecular formula is C22H22N+. The molecular weight excluding hydrogens is 278 g/mol. The Balaban J connectivity index is 1.91. The molecule has 2 aliphatic rings. The van der Waals surface area contributed by atoms with Gasteiger partial charge in [0.1, 0.15) is 0 Å². The molecule has 1 aliphatic heterocycles. The molecule has 0 bridgehead atoms. The van der Waals surface area contributed by atoms with Crippen LogP contribution < -0.4 is 0 Å². The fraction of sp³-hybridized carbons (Fsp3) is 0.227. The summed E-state index contributed by atoms with van der Waals surface area (Å²) in [6, 6.07) is 20.0. The highest BCUT2D eigenvalue weighted by atomic mass is 15.0. The Kier molecular flexibility index (Phi) is 3.70. The Labute approximate surface area is 138 Å². The van der Waals surface area contributed by atoms with E-state index in [1.54, 1.807) is 0 Å². The number of fused-ring (bicyclic) bond motifs is 1. The lowest BCUT2D eigenvalue weighted by Crippen LogP contribution is -2.27. The van der Waals surface area contributed by atoms with Crippen LogP contribution >= 0.6 is 0 Å². The van der Waals surface area contributed by atoms with E-state index < -0.39 is 0 Å². The summed E-state index contributed by atoms with van der Waals surface area (Å²) in [5, 5.41) is 0. The zero-order valence-corrected chi connectivity index (χ0v) is 13.4. The molecule has 1 aliphatic carbocycles. The lowest BCUT2D eigenvalue weighted by molar-refractivity contribution is -0.544. The lowest BCUT2D eigenvalue weighted by Gasteiger charge is -2.12. The molecule has 1 unspecified atom stereocenters. The van der Waals surface area contributed by atoms with Gasteiger partial charge in [0.25, 0.3) is 0 Å². The van der Waals surface area contributed by atoms with Crippen LogP contribution in [0, 0.1) is 5.92 Å². The Bertz CT molecular complexity index is 779. The van der Waals surface area contributed by atoms with E-state index in [9.17, 15) is 0 Å². The van der Waals surface area contributed by atoms with Crippen molar-refractivity contribution in [3.05, 3.63) is 90.0 Å². The van der Waals surface area contributed by atoms with E-state index in [1.807, 2.05) is 6.08 Å². The monoisotopic (exact) mass is 300 g/mol. The molecule has 114 valence electrons. The van der Waals surface area contributed by atoms with E-state index in [0.717, 1.165) is 12.5 Å². The van der Waals surface area contributed by atoms with Gasteiger partial charge in [0.05, 0.1) is 0 Å². The first-order chi connectivity index (χ1) is 11.4. The number of hydrogen-bond acceptors (Lipinski definition) is 0. The molecule has 2 aromatic rings. The van der Waals surface area contributed by atoms with Crippen molar-refractivity contribution in [2.75, 3.05) is 6.54 Å². The number of benzene rings is 2. The Morgan fingerprint density at radius 1 is 1.00 bits per heavy atom. The summed E-state index contributed by atoms with van der Waals surface area (Å²) in [6.45, 7) is 4.85. The zero-order valence-electron chi connectivity index (χ0n) is 13.4. The first-order valence-electron chi connectivity index (χ1n) is 8.45. The van der Waals surface area contributed by atoms with Crippen LogP contribution in [-0.4, -0.2) is 23.4 Å². The second-order valence-electron chi connectivity index (χ2n) is 6.48. The molecule has 2 aromatic carbocycles. The van der Waals surface area contributed by atoms with Gasteiger partial charge in [-0.2, -0.15) is 0 Å². The molecule has 0 radical (unpaired) electrons. The van der Waals surface area contributed by atoms with Crippen LogP contribution in [-0.2, 0) is 0 Å². The smallest absolute Gasteiger partial charge is 0.175 e. The summed E-state index contributed by atoms with van der Waals surface area (Å²) in [4.78, 5) is 0. The highest BCUT2D eigenvalue weighted by Crippen LogP contribution is 2.38. The van der Waals surface area contributed by atoms with Gasteiger partial charge < -0.3 is 0 Å². The van der Waals surface area contributed by atoms with E-state index in [-0.39, 0.29) is 0 Å². The third kappa shape index (κ3) is 2.79. The van der Waals surface area contributed by atoms with Gasteiger partial charge in [-0.05, 0) is 47.8 Å². The SMILES string of the molecule is C=CC[N+]1=Cc2ccccc2C(c2ccccc2)=CC1C1CC1. The maximum atomic E-state index is 3.95.